The lowest BCUT2D eigenvalue weighted by atomic mass is 10.0. The Bertz CT molecular complexity index is 1440. The van der Waals surface area contributed by atoms with Gasteiger partial charge in [-0.15, -0.1) is 0 Å². The van der Waals surface area contributed by atoms with Crippen molar-refractivity contribution in [1.82, 2.24) is 14.5 Å². The fraction of sp³-hybridized carbons (Fsp3) is 0.394. The summed E-state index contributed by atoms with van der Waals surface area (Å²) in [6.45, 7) is 3.73. The zero-order valence-electron chi connectivity index (χ0n) is 25.3. The molecule has 1 saturated heterocycles. The Morgan fingerprint density at radius 2 is 1.59 bits per heavy atom. The highest BCUT2D eigenvalue weighted by Crippen LogP contribution is 2.22. The number of nitrogens with one attached hydrogen (secondary N) is 1. The molecule has 10 nitrogen and oxygen atoms in total. The summed E-state index contributed by atoms with van der Waals surface area (Å²) in [4.78, 5) is 29.1. The van der Waals surface area contributed by atoms with Crippen LogP contribution >= 0.6 is 0 Å². The number of carbonyl (C=O) groups excluding carboxylic acids is 2. The predicted octanol–water partition coefficient (Wildman–Crippen LogP) is 3.65. The first-order valence-corrected chi connectivity index (χ1v) is 16.3. The topological polar surface area (TPSA) is 114 Å². The number of benzene rings is 3. The molecule has 1 heterocycles. The lowest BCUT2D eigenvalue weighted by Crippen LogP contribution is -2.51. The van der Waals surface area contributed by atoms with Gasteiger partial charge in [-0.05, 0) is 53.9 Å². The van der Waals surface area contributed by atoms with E-state index in [2.05, 4.69) is 12.2 Å². The minimum atomic E-state index is -3.65. The van der Waals surface area contributed by atoms with Crippen LogP contribution in [0, 0.1) is 0 Å². The molecule has 0 saturated carbocycles. The number of hydrogen-bond donors (Lipinski definition) is 1. The quantitative estimate of drug-likeness (QED) is 0.257. The largest absolute Gasteiger partial charge is 0.497 e. The Kier molecular flexibility index (Phi) is 12.2. The van der Waals surface area contributed by atoms with Crippen LogP contribution in [0.2, 0.25) is 0 Å². The van der Waals surface area contributed by atoms with Crippen LogP contribution in [0.25, 0.3) is 0 Å². The molecule has 0 aliphatic carbocycles. The zero-order valence-corrected chi connectivity index (χ0v) is 26.1. The maximum absolute atomic E-state index is 13.8. The fourth-order valence-corrected chi connectivity index (χ4v) is 6.27. The maximum Gasteiger partial charge on any atom is 0.261 e. The second-order valence-corrected chi connectivity index (χ2v) is 12.4. The van der Waals surface area contributed by atoms with Crippen LogP contribution < -0.4 is 14.8 Å². The van der Waals surface area contributed by atoms with Gasteiger partial charge >= 0.3 is 0 Å². The molecule has 0 spiro atoms. The van der Waals surface area contributed by atoms with Crippen molar-refractivity contribution < 1.29 is 32.2 Å². The van der Waals surface area contributed by atoms with Crippen molar-refractivity contribution in [2.24, 2.45) is 0 Å². The molecule has 3 aromatic rings. The van der Waals surface area contributed by atoms with Crippen molar-refractivity contribution in [1.29, 1.82) is 0 Å². The van der Waals surface area contributed by atoms with Crippen LogP contribution in [0.3, 0.4) is 0 Å². The predicted molar refractivity (Wildman–Crippen MR) is 167 cm³/mol. The molecule has 1 fully saturated rings. The van der Waals surface area contributed by atoms with Crippen LogP contribution in [0.5, 0.6) is 11.5 Å². The summed E-state index contributed by atoms with van der Waals surface area (Å²) >= 11 is 0. The van der Waals surface area contributed by atoms with Crippen LogP contribution in [0.15, 0.2) is 83.8 Å². The van der Waals surface area contributed by atoms with Crippen molar-refractivity contribution in [2.75, 3.05) is 46.6 Å². The molecule has 11 heteroatoms. The van der Waals surface area contributed by atoms with E-state index in [9.17, 15) is 18.0 Å². The smallest absolute Gasteiger partial charge is 0.261 e. The zero-order chi connectivity index (χ0) is 31.4. The molecule has 1 aliphatic heterocycles. The molecule has 1 N–H and O–H groups in total. The van der Waals surface area contributed by atoms with Gasteiger partial charge in [-0.25, -0.2) is 8.42 Å². The van der Waals surface area contributed by atoms with Crippen LogP contribution in [-0.2, 0) is 37.3 Å². The molecule has 236 valence electrons. The number of methoxy groups -OCH3 is 1. The van der Waals surface area contributed by atoms with Gasteiger partial charge in [-0.1, -0.05) is 55.8 Å². The molecule has 0 aromatic heterocycles. The Balaban J connectivity index is 1.54. The molecule has 44 heavy (non-hydrogen) atoms. The Labute approximate surface area is 260 Å². The van der Waals surface area contributed by atoms with Gasteiger partial charge in [0.15, 0.2) is 6.61 Å². The van der Waals surface area contributed by atoms with E-state index < -0.39 is 16.1 Å². The number of nitrogens with zero attached hydrogens (tertiary/aromatic N) is 2. The average Bonchev–Trinajstić information content (AvgIpc) is 3.06. The number of sulfonamides is 1. The van der Waals surface area contributed by atoms with Crippen molar-refractivity contribution in [3.05, 3.63) is 90.0 Å². The molecule has 0 unspecified atom stereocenters. The van der Waals surface area contributed by atoms with E-state index in [4.69, 9.17) is 14.2 Å². The van der Waals surface area contributed by atoms with E-state index in [1.807, 2.05) is 54.6 Å². The first-order chi connectivity index (χ1) is 21.3. The first kappa shape index (κ1) is 33.0. The molecule has 3 aromatic carbocycles. The normalized spacial score (nSPS) is 14.4. The van der Waals surface area contributed by atoms with Gasteiger partial charge in [0.25, 0.3) is 5.91 Å². The van der Waals surface area contributed by atoms with E-state index in [1.165, 1.54) is 28.6 Å². The lowest BCUT2D eigenvalue weighted by molar-refractivity contribution is -0.142. The summed E-state index contributed by atoms with van der Waals surface area (Å²) in [5.74, 6) is 0.419. The molecule has 4 rings (SSSR count). The standard InChI is InChI=1S/C33H41N3O7S/c1-3-4-18-34-33(38)31(23-26-8-6-5-7-9-26)36(24-27-10-12-28(41-2)13-11-27)32(37)25-43-29-14-16-30(17-15-29)44(39,40)35-19-21-42-22-20-35/h5-17,31H,3-4,18-25H2,1-2H3,(H,34,38)/t31-/m0/s1. The number of amides is 2. The number of hydrogen-bond acceptors (Lipinski definition) is 7. The fourth-order valence-electron chi connectivity index (χ4n) is 4.86. The van der Waals surface area contributed by atoms with Gasteiger partial charge in [-0.2, -0.15) is 4.31 Å². The molecular weight excluding hydrogens is 582 g/mol. The highest BCUT2D eigenvalue weighted by atomic mass is 32.2. The van der Waals surface area contributed by atoms with Gasteiger partial charge in [0.05, 0.1) is 25.2 Å². The summed E-state index contributed by atoms with van der Waals surface area (Å²) in [5, 5.41) is 3.00. The van der Waals surface area contributed by atoms with E-state index in [1.54, 1.807) is 12.0 Å². The molecule has 1 atom stereocenters. The lowest BCUT2D eigenvalue weighted by Gasteiger charge is -2.31. The van der Waals surface area contributed by atoms with Crippen molar-refractivity contribution in [3.63, 3.8) is 0 Å². The molecule has 0 bridgehead atoms. The van der Waals surface area contributed by atoms with Gasteiger partial charge < -0.3 is 24.4 Å². The third-order valence-corrected chi connectivity index (χ3v) is 9.32. The van der Waals surface area contributed by atoms with Crippen LogP contribution in [0.1, 0.15) is 30.9 Å². The Morgan fingerprint density at radius 3 is 2.23 bits per heavy atom. The number of unbranched alkanes of at least 4 members (excludes halogenated alkanes) is 1. The van der Waals surface area contributed by atoms with Crippen molar-refractivity contribution in [2.45, 2.75) is 43.7 Å². The third-order valence-electron chi connectivity index (χ3n) is 7.41. The molecule has 1 aliphatic rings. The van der Waals surface area contributed by atoms with Gasteiger partial charge in [0, 0.05) is 32.6 Å². The number of carbonyl (C=O) groups is 2. The molecule has 0 radical (unpaired) electrons. The van der Waals surface area contributed by atoms with Gasteiger partial charge in [0.1, 0.15) is 17.5 Å². The summed E-state index contributed by atoms with van der Waals surface area (Å²) in [7, 11) is -2.07. The maximum atomic E-state index is 13.8. The minimum Gasteiger partial charge on any atom is -0.497 e. The minimum absolute atomic E-state index is 0.144. The summed E-state index contributed by atoms with van der Waals surface area (Å²) < 4.78 is 43.7. The molecule has 2 amide bonds. The summed E-state index contributed by atoms with van der Waals surface area (Å²) in [6.07, 6.45) is 2.09. The second-order valence-electron chi connectivity index (χ2n) is 10.5. The number of morpholine rings is 1. The highest BCUT2D eigenvalue weighted by molar-refractivity contribution is 7.89. The van der Waals surface area contributed by atoms with Gasteiger partial charge in [-0.3, -0.25) is 9.59 Å². The first-order valence-electron chi connectivity index (χ1n) is 14.9. The Morgan fingerprint density at radius 1 is 0.932 bits per heavy atom. The van der Waals surface area contributed by atoms with E-state index >= 15 is 0 Å². The number of ether oxygens (including phenoxy) is 3. The van der Waals surface area contributed by atoms with E-state index in [-0.39, 0.29) is 29.9 Å². The highest BCUT2D eigenvalue weighted by Gasteiger charge is 2.31. The van der Waals surface area contributed by atoms with Crippen LogP contribution in [0.4, 0.5) is 0 Å². The second kappa shape index (κ2) is 16.2. The number of rotatable bonds is 15. The third kappa shape index (κ3) is 9.04. The SMILES string of the molecule is CCCCNC(=O)[C@H](Cc1ccccc1)N(Cc1ccc(OC)cc1)C(=O)COc1ccc(S(=O)(=O)N2CCOCC2)cc1. The molecular formula is C33H41N3O7S. The van der Waals surface area contributed by atoms with Crippen LogP contribution in [-0.4, -0.2) is 82.0 Å². The van der Waals surface area contributed by atoms with Gasteiger partial charge in [0.2, 0.25) is 15.9 Å². The monoisotopic (exact) mass is 623 g/mol. The van der Waals surface area contributed by atoms with E-state index in [0.717, 1.165) is 24.0 Å². The van der Waals surface area contributed by atoms with E-state index in [0.29, 0.717) is 50.8 Å². The van der Waals surface area contributed by atoms with Crippen molar-refractivity contribution in [3.8, 4) is 11.5 Å². The Hall–Kier alpha value is -3.93. The average molecular weight is 624 g/mol. The summed E-state index contributed by atoms with van der Waals surface area (Å²) in [5.41, 5.74) is 1.75. The summed E-state index contributed by atoms with van der Waals surface area (Å²) in [6, 6.07) is 22.2. The van der Waals surface area contributed by atoms with Crippen molar-refractivity contribution >= 4 is 21.8 Å².